The fourth-order valence-electron chi connectivity index (χ4n) is 7.01. The Bertz CT molecular complexity index is 436. The van der Waals surface area contributed by atoms with Gasteiger partial charge in [-0.25, -0.2) is 0 Å². The molecule has 4 saturated carbocycles. The van der Waals surface area contributed by atoms with Gasteiger partial charge in [-0.3, -0.25) is 4.79 Å². The number of rotatable bonds is 2. The molecule has 0 aromatic heterocycles. The standard InChI is InChI=1S/C18H30N2O/c1-16-7-13-8-17(2,10-16)12-18(9-13,11-16)20-15(21)14-5-3-4-6-19-14/h13-14,19H,3-12H2,1-2H3,(H,20,21)/t13?,14-,16?,17?,18?/m1/s1. The lowest BCUT2D eigenvalue weighted by molar-refractivity contribution is -0.141. The SMILES string of the molecule is CC12CC3CC(C)(C1)CC(NC(=O)[C@H]1CCCCN1)(C3)C2. The number of nitrogens with one attached hydrogen (secondary N) is 2. The van der Waals surface area contributed by atoms with Crippen LogP contribution < -0.4 is 10.6 Å². The minimum atomic E-state index is 0.0624. The van der Waals surface area contributed by atoms with E-state index in [1.807, 2.05) is 0 Å². The van der Waals surface area contributed by atoms with Gasteiger partial charge in [-0.15, -0.1) is 0 Å². The molecule has 3 atom stereocenters. The second-order valence-corrected chi connectivity index (χ2v) is 9.40. The zero-order valence-electron chi connectivity index (χ0n) is 13.6. The number of carbonyl (C=O) groups is 1. The van der Waals surface area contributed by atoms with E-state index in [0.717, 1.165) is 18.9 Å². The van der Waals surface area contributed by atoms with Crippen LogP contribution in [0.1, 0.15) is 71.6 Å². The highest BCUT2D eigenvalue weighted by molar-refractivity contribution is 5.82. The molecule has 0 aromatic rings. The van der Waals surface area contributed by atoms with Gasteiger partial charge in [0.05, 0.1) is 6.04 Å². The van der Waals surface area contributed by atoms with Gasteiger partial charge in [0, 0.05) is 5.54 Å². The van der Waals surface area contributed by atoms with Gasteiger partial charge in [-0.1, -0.05) is 20.3 Å². The zero-order chi connectivity index (χ0) is 14.7. The molecule has 1 amide bonds. The van der Waals surface area contributed by atoms with Crippen LogP contribution in [0.2, 0.25) is 0 Å². The largest absolute Gasteiger partial charge is 0.349 e. The lowest BCUT2D eigenvalue weighted by atomic mass is 9.43. The molecule has 4 aliphatic carbocycles. The second-order valence-electron chi connectivity index (χ2n) is 9.40. The monoisotopic (exact) mass is 290 g/mol. The summed E-state index contributed by atoms with van der Waals surface area (Å²) in [6, 6.07) is 0.0624. The molecule has 5 fully saturated rings. The van der Waals surface area contributed by atoms with Crippen molar-refractivity contribution in [3.8, 4) is 0 Å². The predicted molar refractivity (Wildman–Crippen MR) is 83.9 cm³/mol. The first kappa shape index (κ1) is 14.0. The number of hydrogen-bond donors (Lipinski definition) is 2. The van der Waals surface area contributed by atoms with Gasteiger partial charge in [0.1, 0.15) is 0 Å². The van der Waals surface area contributed by atoms with Gasteiger partial charge in [0.2, 0.25) is 5.91 Å². The summed E-state index contributed by atoms with van der Waals surface area (Å²) in [5.41, 5.74) is 1.06. The molecule has 21 heavy (non-hydrogen) atoms. The maximum Gasteiger partial charge on any atom is 0.237 e. The third-order valence-electron chi connectivity index (χ3n) is 6.64. The predicted octanol–water partition coefficient (Wildman–Crippen LogP) is 2.99. The lowest BCUT2D eigenvalue weighted by Crippen LogP contribution is -2.66. The molecule has 118 valence electrons. The number of amides is 1. The summed E-state index contributed by atoms with van der Waals surface area (Å²) in [5, 5.41) is 6.95. The zero-order valence-corrected chi connectivity index (χ0v) is 13.6. The average Bonchev–Trinajstić information content (AvgIpc) is 2.34. The van der Waals surface area contributed by atoms with Crippen LogP contribution >= 0.6 is 0 Å². The Morgan fingerprint density at radius 3 is 2.33 bits per heavy atom. The summed E-state index contributed by atoms with van der Waals surface area (Å²) in [4.78, 5) is 12.7. The van der Waals surface area contributed by atoms with Crippen molar-refractivity contribution in [3.63, 3.8) is 0 Å². The molecule has 4 bridgehead atoms. The maximum absolute atomic E-state index is 12.7. The van der Waals surface area contributed by atoms with Crippen molar-refractivity contribution in [2.75, 3.05) is 6.54 Å². The number of piperidine rings is 1. The first-order chi connectivity index (χ1) is 9.90. The summed E-state index contributed by atoms with van der Waals surface area (Å²) in [7, 11) is 0. The van der Waals surface area contributed by atoms with E-state index in [4.69, 9.17) is 0 Å². The first-order valence-electron chi connectivity index (χ1n) is 8.95. The van der Waals surface area contributed by atoms with Gasteiger partial charge >= 0.3 is 0 Å². The molecule has 0 spiro atoms. The van der Waals surface area contributed by atoms with E-state index < -0.39 is 0 Å². The van der Waals surface area contributed by atoms with Gasteiger partial charge < -0.3 is 10.6 Å². The summed E-state index contributed by atoms with van der Waals surface area (Å²) in [6.45, 7) is 5.94. The first-order valence-corrected chi connectivity index (χ1v) is 8.95. The van der Waals surface area contributed by atoms with Crippen LogP contribution in [0.3, 0.4) is 0 Å². The van der Waals surface area contributed by atoms with Crippen molar-refractivity contribution in [1.82, 2.24) is 10.6 Å². The summed E-state index contributed by atoms with van der Waals surface area (Å²) >= 11 is 0. The van der Waals surface area contributed by atoms with E-state index in [1.165, 1.54) is 51.4 Å². The maximum atomic E-state index is 12.7. The fraction of sp³-hybridized carbons (Fsp3) is 0.944. The quantitative estimate of drug-likeness (QED) is 0.821. The molecule has 1 saturated heterocycles. The summed E-state index contributed by atoms with van der Waals surface area (Å²) in [6.07, 6.45) is 11.2. The molecule has 1 heterocycles. The number of carbonyl (C=O) groups excluding carboxylic acids is 1. The van der Waals surface area contributed by atoms with Gasteiger partial charge in [0.15, 0.2) is 0 Å². The van der Waals surface area contributed by atoms with E-state index in [1.54, 1.807) is 0 Å². The normalized spacial score (nSPS) is 51.9. The molecule has 2 N–H and O–H groups in total. The second kappa shape index (κ2) is 4.47. The highest BCUT2D eigenvalue weighted by Gasteiger charge is 2.60. The molecule has 3 heteroatoms. The van der Waals surface area contributed by atoms with Crippen LogP contribution in [0.5, 0.6) is 0 Å². The van der Waals surface area contributed by atoms with Gasteiger partial charge in [-0.2, -0.15) is 0 Å². The minimum absolute atomic E-state index is 0.0624. The fourth-order valence-corrected chi connectivity index (χ4v) is 7.01. The highest BCUT2D eigenvalue weighted by Crippen LogP contribution is 2.66. The molecule has 3 nitrogen and oxygen atoms in total. The highest BCUT2D eigenvalue weighted by atomic mass is 16.2. The van der Waals surface area contributed by atoms with Crippen molar-refractivity contribution < 1.29 is 4.79 Å². The van der Waals surface area contributed by atoms with Crippen LogP contribution in [-0.2, 0) is 4.79 Å². The lowest BCUT2D eigenvalue weighted by Gasteiger charge is -2.65. The third-order valence-corrected chi connectivity index (χ3v) is 6.64. The van der Waals surface area contributed by atoms with Gasteiger partial charge in [-0.05, 0) is 74.7 Å². The molecular weight excluding hydrogens is 260 g/mol. The molecule has 0 radical (unpaired) electrons. The van der Waals surface area contributed by atoms with Crippen LogP contribution in [-0.4, -0.2) is 24.0 Å². The van der Waals surface area contributed by atoms with Crippen molar-refractivity contribution in [2.45, 2.75) is 83.2 Å². The van der Waals surface area contributed by atoms with Crippen molar-refractivity contribution in [3.05, 3.63) is 0 Å². The molecule has 1 aliphatic heterocycles. The van der Waals surface area contributed by atoms with Crippen LogP contribution in [0.4, 0.5) is 0 Å². The van der Waals surface area contributed by atoms with E-state index in [9.17, 15) is 4.79 Å². The van der Waals surface area contributed by atoms with Crippen molar-refractivity contribution in [1.29, 1.82) is 0 Å². The molecule has 5 aliphatic rings. The Labute approximate surface area is 128 Å². The van der Waals surface area contributed by atoms with Crippen LogP contribution in [0.15, 0.2) is 0 Å². The Kier molecular flexibility index (Phi) is 2.99. The van der Waals surface area contributed by atoms with Gasteiger partial charge in [0.25, 0.3) is 0 Å². The van der Waals surface area contributed by atoms with E-state index >= 15 is 0 Å². The number of hydrogen-bond acceptors (Lipinski definition) is 2. The topological polar surface area (TPSA) is 41.1 Å². The Hall–Kier alpha value is -0.570. The Balaban J connectivity index is 1.52. The van der Waals surface area contributed by atoms with Crippen molar-refractivity contribution in [2.24, 2.45) is 16.7 Å². The summed E-state index contributed by atoms with van der Waals surface area (Å²) < 4.78 is 0. The van der Waals surface area contributed by atoms with E-state index in [0.29, 0.717) is 10.8 Å². The third kappa shape index (κ3) is 2.42. The minimum Gasteiger partial charge on any atom is -0.349 e. The Morgan fingerprint density at radius 1 is 1.05 bits per heavy atom. The summed E-state index contributed by atoms with van der Waals surface area (Å²) in [5.74, 6) is 1.12. The average molecular weight is 290 g/mol. The van der Waals surface area contributed by atoms with Crippen molar-refractivity contribution >= 4 is 5.91 Å². The molecule has 2 unspecified atom stereocenters. The van der Waals surface area contributed by atoms with E-state index in [2.05, 4.69) is 24.5 Å². The van der Waals surface area contributed by atoms with Crippen LogP contribution in [0, 0.1) is 16.7 Å². The smallest absolute Gasteiger partial charge is 0.237 e. The Morgan fingerprint density at radius 2 is 1.76 bits per heavy atom. The molecular formula is C18H30N2O. The van der Waals surface area contributed by atoms with Crippen LogP contribution in [0.25, 0.3) is 0 Å². The molecule has 0 aromatic carbocycles. The molecule has 5 rings (SSSR count). The van der Waals surface area contributed by atoms with E-state index in [-0.39, 0.29) is 17.5 Å².